The fraction of sp³-hybridized carbons (Fsp3) is 0.167. The van der Waals surface area contributed by atoms with Gasteiger partial charge in [-0.15, -0.1) is 11.3 Å². The van der Waals surface area contributed by atoms with E-state index >= 15 is 0 Å². The molecule has 0 fully saturated rings. The topological polar surface area (TPSA) is 64.1 Å². The summed E-state index contributed by atoms with van der Waals surface area (Å²) in [5.74, 6) is 6.64. The molecule has 1 amide bonds. The maximum Gasteiger partial charge on any atom is 0.231 e. The molecule has 0 atom stereocenters. The number of nitrogens with zero attached hydrogens (tertiary/aromatic N) is 2. The first kappa shape index (κ1) is 17.3. The summed E-state index contributed by atoms with van der Waals surface area (Å²) in [7, 11) is 0. The van der Waals surface area contributed by atoms with Crippen LogP contribution >= 0.6 is 23.1 Å². The van der Waals surface area contributed by atoms with E-state index in [0.29, 0.717) is 18.0 Å². The first-order chi connectivity index (χ1) is 12.3. The Kier molecular flexibility index (Phi) is 6.26. The van der Waals surface area contributed by atoms with E-state index in [0.717, 1.165) is 14.6 Å². The van der Waals surface area contributed by atoms with Crippen molar-refractivity contribution in [2.45, 2.75) is 4.34 Å². The molecule has 0 saturated carbocycles. The first-order valence-corrected chi connectivity index (χ1v) is 9.35. The molecule has 25 heavy (non-hydrogen) atoms. The summed E-state index contributed by atoms with van der Waals surface area (Å²) in [5.41, 5.74) is 0.967. The number of nitrogens with one attached hydrogen (secondary N) is 1. The van der Waals surface area contributed by atoms with Crippen LogP contribution in [0.5, 0.6) is 5.75 Å². The van der Waals surface area contributed by atoms with Crippen molar-refractivity contribution in [1.29, 1.82) is 0 Å². The van der Waals surface area contributed by atoms with Crippen LogP contribution in [0.3, 0.4) is 0 Å². The summed E-state index contributed by atoms with van der Waals surface area (Å²) < 4.78 is 7.41. The van der Waals surface area contributed by atoms with Gasteiger partial charge in [-0.25, -0.2) is 4.98 Å². The Morgan fingerprint density at radius 1 is 1.24 bits per heavy atom. The Hall–Kier alpha value is -2.56. The molecule has 0 aliphatic heterocycles. The maximum absolute atomic E-state index is 11.8. The summed E-state index contributed by atoms with van der Waals surface area (Å²) in [5, 5.41) is 2.76. The second-order valence-electron chi connectivity index (χ2n) is 4.84. The Morgan fingerprint density at radius 3 is 3.00 bits per heavy atom. The maximum atomic E-state index is 11.8. The first-order valence-electron chi connectivity index (χ1n) is 7.55. The summed E-state index contributed by atoms with van der Waals surface area (Å²) in [6.07, 6.45) is 3.31. The predicted octanol–water partition coefficient (Wildman–Crippen LogP) is 2.98. The van der Waals surface area contributed by atoms with Gasteiger partial charge in [-0.3, -0.25) is 9.78 Å². The number of aromatic nitrogens is 2. The molecule has 0 saturated heterocycles. The van der Waals surface area contributed by atoms with Gasteiger partial charge in [0, 0.05) is 6.20 Å². The monoisotopic (exact) mass is 369 g/mol. The number of fused-ring (bicyclic) bond motifs is 1. The highest BCUT2D eigenvalue weighted by Crippen LogP contribution is 2.28. The van der Waals surface area contributed by atoms with Gasteiger partial charge in [0.2, 0.25) is 5.91 Å². The summed E-state index contributed by atoms with van der Waals surface area (Å²) in [6.45, 7) is 0.567. The summed E-state index contributed by atoms with van der Waals surface area (Å²) in [6, 6.07) is 11.6. The van der Waals surface area contributed by atoms with E-state index < -0.39 is 0 Å². The molecule has 2 aromatic heterocycles. The number of para-hydroxylation sites is 1. The zero-order valence-electron chi connectivity index (χ0n) is 13.3. The summed E-state index contributed by atoms with van der Waals surface area (Å²) in [4.78, 5) is 20.3. The molecule has 3 aromatic rings. The van der Waals surface area contributed by atoms with Crippen LogP contribution in [0.1, 0.15) is 0 Å². The average Bonchev–Trinajstić information content (AvgIpc) is 3.07. The predicted molar refractivity (Wildman–Crippen MR) is 101 cm³/mol. The molecular weight excluding hydrogens is 354 g/mol. The highest BCUT2D eigenvalue weighted by Gasteiger charge is 2.06. The fourth-order valence-corrected chi connectivity index (χ4v) is 3.80. The number of hydrogen-bond acceptors (Lipinski definition) is 6. The third-order valence-corrected chi connectivity index (χ3v) is 5.22. The number of thioether (sulfide) groups is 1. The molecule has 0 aliphatic carbocycles. The smallest absolute Gasteiger partial charge is 0.231 e. The van der Waals surface area contributed by atoms with E-state index in [-0.39, 0.29) is 12.5 Å². The summed E-state index contributed by atoms with van der Waals surface area (Å²) >= 11 is 3.03. The minimum Gasteiger partial charge on any atom is -0.479 e. The van der Waals surface area contributed by atoms with Gasteiger partial charge in [0.25, 0.3) is 0 Å². The average molecular weight is 369 g/mol. The number of ether oxygens (including phenoxy) is 1. The standard InChI is InChI=1S/C18H15N3O2S2/c22-17(13-24-18-21-15-7-1-2-8-16(15)25-18)20-10-3-4-11-23-14-6-5-9-19-12-14/h1-2,5-9,12H,10-11,13H2,(H,20,22). The van der Waals surface area contributed by atoms with Gasteiger partial charge in [-0.05, 0) is 24.3 Å². The lowest BCUT2D eigenvalue weighted by molar-refractivity contribution is -0.118. The highest BCUT2D eigenvalue weighted by molar-refractivity contribution is 8.01. The van der Waals surface area contributed by atoms with Crippen molar-refractivity contribution < 1.29 is 9.53 Å². The van der Waals surface area contributed by atoms with E-state index in [4.69, 9.17) is 4.74 Å². The molecule has 7 heteroatoms. The quantitative estimate of drug-likeness (QED) is 0.535. The van der Waals surface area contributed by atoms with Crippen molar-refractivity contribution >= 4 is 39.2 Å². The lowest BCUT2D eigenvalue weighted by atomic mass is 10.3. The number of carbonyl (C=O) groups excluding carboxylic acids is 1. The lowest BCUT2D eigenvalue weighted by Gasteiger charge is -2.00. The second kappa shape index (κ2) is 9.06. The minimum atomic E-state index is -0.0632. The fourth-order valence-electron chi connectivity index (χ4n) is 1.90. The zero-order valence-corrected chi connectivity index (χ0v) is 14.9. The third-order valence-electron chi connectivity index (χ3n) is 3.05. The SMILES string of the molecule is O=C(CSc1nc2ccccc2s1)NCC#CCOc1cccnc1. The van der Waals surface area contributed by atoms with E-state index in [1.54, 1.807) is 29.8 Å². The van der Waals surface area contributed by atoms with E-state index in [9.17, 15) is 4.79 Å². The Balaban J connectivity index is 1.35. The molecular formula is C18H15N3O2S2. The van der Waals surface area contributed by atoms with Crippen LogP contribution in [-0.4, -0.2) is 34.8 Å². The van der Waals surface area contributed by atoms with Crippen molar-refractivity contribution in [2.75, 3.05) is 18.9 Å². The molecule has 5 nitrogen and oxygen atoms in total. The molecule has 0 unspecified atom stereocenters. The minimum absolute atomic E-state index is 0.0632. The Bertz CT molecular complexity index is 868. The number of rotatable bonds is 6. The molecule has 0 bridgehead atoms. The van der Waals surface area contributed by atoms with Gasteiger partial charge in [0.1, 0.15) is 12.4 Å². The normalized spacial score (nSPS) is 10.1. The van der Waals surface area contributed by atoms with Crippen LogP contribution in [0.25, 0.3) is 10.2 Å². The number of thiazole rings is 1. The van der Waals surface area contributed by atoms with E-state index in [1.807, 2.05) is 30.3 Å². The molecule has 0 aliphatic rings. The van der Waals surface area contributed by atoms with Crippen LogP contribution in [0.2, 0.25) is 0 Å². The molecule has 0 radical (unpaired) electrons. The highest BCUT2D eigenvalue weighted by atomic mass is 32.2. The number of hydrogen-bond donors (Lipinski definition) is 1. The Labute approximate surface area is 153 Å². The Morgan fingerprint density at radius 2 is 2.16 bits per heavy atom. The van der Waals surface area contributed by atoms with Crippen LogP contribution in [-0.2, 0) is 4.79 Å². The van der Waals surface area contributed by atoms with Crippen molar-refractivity contribution in [3.05, 3.63) is 48.8 Å². The second-order valence-corrected chi connectivity index (χ2v) is 7.10. The van der Waals surface area contributed by atoms with E-state index in [1.165, 1.54) is 11.8 Å². The third kappa shape index (κ3) is 5.48. The molecule has 0 spiro atoms. The number of benzene rings is 1. The van der Waals surface area contributed by atoms with Gasteiger partial charge in [-0.1, -0.05) is 35.7 Å². The van der Waals surface area contributed by atoms with Crippen molar-refractivity contribution in [3.8, 4) is 17.6 Å². The van der Waals surface area contributed by atoms with E-state index in [2.05, 4.69) is 27.1 Å². The van der Waals surface area contributed by atoms with Gasteiger partial charge in [0.15, 0.2) is 4.34 Å². The van der Waals surface area contributed by atoms with Crippen molar-refractivity contribution in [1.82, 2.24) is 15.3 Å². The van der Waals surface area contributed by atoms with Crippen LogP contribution in [0, 0.1) is 11.8 Å². The van der Waals surface area contributed by atoms with Gasteiger partial charge in [-0.2, -0.15) is 0 Å². The van der Waals surface area contributed by atoms with Crippen LogP contribution in [0.4, 0.5) is 0 Å². The molecule has 1 N–H and O–H groups in total. The van der Waals surface area contributed by atoms with Crippen LogP contribution in [0.15, 0.2) is 53.1 Å². The number of amides is 1. The van der Waals surface area contributed by atoms with Crippen LogP contribution < -0.4 is 10.1 Å². The largest absolute Gasteiger partial charge is 0.479 e. The lowest BCUT2D eigenvalue weighted by Crippen LogP contribution is -2.25. The number of carbonyl (C=O) groups is 1. The van der Waals surface area contributed by atoms with Crippen molar-refractivity contribution in [3.63, 3.8) is 0 Å². The molecule has 1 aromatic carbocycles. The van der Waals surface area contributed by atoms with Crippen molar-refractivity contribution in [2.24, 2.45) is 0 Å². The number of pyridine rings is 1. The molecule has 3 rings (SSSR count). The van der Waals surface area contributed by atoms with Gasteiger partial charge in [0.05, 0.1) is 28.7 Å². The molecule has 2 heterocycles. The van der Waals surface area contributed by atoms with Gasteiger partial charge < -0.3 is 10.1 Å². The zero-order chi connectivity index (χ0) is 17.3. The molecule has 126 valence electrons. The van der Waals surface area contributed by atoms with Gasteiger partial charge >= 0.3 is 0 Å².